The van der Waals surface area contributed by atoms with Crippen molar-refractivity contribution in [3.63, 3.8) is 0 Å². The van der Waals surface area contributed by atoms with Gasteiger partial charge in [0.15, 0.2) is 0 Å². The summed E-state index contributed by atoms with van der Waals surface area (Å²) >= 11 is 0. The minimum atomic E-state index is -0.387. The van der Waals surface area contributed by atoms with Crippen LogP contribution in [0, 0.1) is 10.8 Å². The zero-order chi connectivity index (χ0) is 18.8. The molecule has 1 aromatic rings. The molecule has 0 bridgehead atoms. The molecule has 0 spiro atoms. The normalized spacial score (nSPS) is 23.6. The summed E-state index contributed by atoms with van der Waals surface area (Å²) in [4.78, 5) is 0. The van der Waals surface area contributed by atoms with Gasteiger partial charge in [-0.3, -0.25) is 0 Å². The number of hydrogen-bond acceptors (Lipinski definition) is 4. The molecule has 6 heteroatoms. The lowest BCUT2D eigenvalue weighted by atomic mass is 9.60. The molecule has 0 amide bonds. The maximum Gasteiger partial charge on any atom is 0.493 e. The highest BCUT2D eigenvalue weighted by Gasteiger charge is 2.41. The van der Waals surface area contributed by atoms with Crippen LogP contribution in [-0.2, 0) is 18.6 Å². The van der Waals surface area contributed by atoms with E-state index in [0.717, 1.165) is 22.9 Å². The van der Waals surface area contributed by atoms with Gasteiger partial charge in [0.2, 0.25) is 0 Å². The van der Waals surface area contributed by atoms with Gasteiger partial charge in [-0.05, 0) is 22.9 Å². The maximum absolute atomic E-state index is 6.13. The third-order valence-electron chi connectivity index (χ3n) is 4.83. The van der Waals surface area contributed by atoms with Gasteiger partial charge in [0, 0.05) is 37.3 Å². The molecular formula is C20H30B2O4. The van der Waals surface area contributed by atoms with E-state index in [2.05, 4.69) is 46.8 Å². The Morgan fingerprint density at radius 1 is 0.808 bits per heavy atom. The molecule has 0 saturated carbocycles. The number of allylic oxidation sites excluding steroid dienone is 1. The highest BCUT2D eigenvalue weighted by Crippen LogP contribution is 2.34. The van der Waals surface area contributed by atoms with Gasteiger partial charge in [-0.1, -0.05) is 65.0 Å². The SMILES string of the molecule is CC/C(B1OCC(C)(C)CO1)=C(/B1OCC(C)(C)CO1)c1ccccc1. The first kappa shape index (κ1) is 19.7. The van der Waals surface area contributed by atoms with Crippen LogP contribution in [0.3, 0.4) is 0 Å². The van der Waals surface area contributed by atoms with Crippen LogP contribution in [0.1, 0.15) is 46.6 Å². The van der Waals surface area contributed by atoms with Gasteiger partial charge in [-0.2, -0.15) is 0 Å². The fourth-order valence-corrected chi connectivity index (χ4v) is 3.33. The van der Waals surface area contributed by atoms with E-state index in [-0.39, 0.29) is 25.1 Å². The second-order valence-corrected chi connectivity index (χ2v) is 8.89. The van der Waals surface area contributed by atoms with Gasteiger partial charge in [0.25, 0.3) is 0 Å². The molecule has 0 unspecified atom stereocenters. The van der Waals surface area contributed by atoms with Crippen molar-refractivity contribution in [2.45, 2.75) is 41.0 Å². The highest BCUT2D eigenvalue weighted by molar-refractivity contribution is 6.73. The van der Waals surface area contributed by atoms with E-state index in [1.807, 2.05) is 18.2 Å². The first-order chi connectivity index (χ1) is 12.3. The summed E-state index contributed by atoms with van der Waals surface area (Å²) in [7, 11) is -0.729. The Hall–Kier alpha value is -1.07. The lowest BCUT2D eigenvalue weighted by molar-refractivity contribution is 0.0308. The van der Waals surface area contributed by atoms with Crippen LogP contribution in [0.5, 0.6) is 0 Å². The summed E-state index contributed by atoms with van der Waals surface area (Å²) in [6, 6.07) is 10.3. The van der Waals surface area contributed by atoms with Gasteiger partial charge in [0.1, 0.15) is 0 Å². The zero-order valence-corrected chi connectivity index (χ0v) is 16.7. The van der Waals surface area contributed by atoms with Crippen LogP contribution in [0.25, 0.3) is 5.47 Å². The molecule has 0 N–H and O–H groups in total. The molecule has 0 aromatic heterocycles. The lowest BCUT2D eigenvalue weighted by Gasteiger charge is -2.37. The minimum absolute atomic E-state index is 0.0343. The molecule has 4 nitrogen and oxygen atoms in total. The van der Waals surface area contributed by atoms with E-state index in [1.54, 1.807) is 0 Å². The van der Waals surface area contributed by atoms with E-state index in [9.17, 15) is 0 Å². The predicted octanol–water partition coefficient (Wildman–Crippen LogP) is 4.05. The Bertz CT molecular complexity index is 622. The van der Waals surface area contributed by atoms with Crippen molar-refractivity contribution < 1.29 is 18.6 Å². The third-order valence-corrected chi connectivity index (χ3v) is 4.83. The van der Waals surface area contributed by atoms with Gasteiger partial charge < -0.3 is 18.6 Å². The average molecular weight is 356 g/mol. The summed E-state index contributed by atoms with van der Waals surface area (Å²) in [5, 5.41) is 0. The van der Waals surface area contributed by atoms with Crippen molar-refractivity contribution in [1.82, 2.24) is 0 Å². The third kappa shape index (κ3) is 4.61. The van der Waals surface area contributed by atoms with E-state index < -0.39 is 0 Å². The quantitative estimate of drug-likeness (QED) is 0.763. The molecule has 1 aromatic carbocycles. The summed E-state index contributed by atoms with van der Waals surface area (Å²) in [6.45, 7) is 13.5. The van der Waals surface area contributed by atoms with Gasteiger partial charge in [0.05, 0.1) is 0 Å². The van der Waals surface area contributed by atoms with Crippen molar-refractivity contribution in [2.75, 3.05) is 26.4 Å². The van der Waals surface area contributed by atoms with Crippen LogP contribution in [0.2, 0.25) is 0 Å². The van der Waals surface area contributed by atoms with Crippen molar-refractivity contribution in [2.24, 2.45) is 10.8 Å². The fraction of sp³-hybridized carbons (Fsp3) is 0.600. The molecule has 0 radical (unpaired) electrons. The van der Waals surface area contributed by atoms with Crippen molar-refractivity contribution in [1.29, 1.82) is 0 Å². The second kappa shape index (κ2) is 7.89. The van der Waals surface area contributed by atoms with Crippen LogP contribution >= 0.6 is 0 Å². The topological polar surface area (TPSA) is 36.9 Å². The van der Waals surface area contributed by atoms with Gasteiger partial charge in [-0.15, -0.1) is 0 Å². The smallest absolute Gasteiger partial charge is 0.407 e. The average Bonchev–Trinajstić information content (AvgIpc) is 2.61. The Balaban J connectivity index is 1.94. The van der Waals surface area contributed by atoms with Gasteiger partial charge in [-0.25, -0.2) is 0 Å². The van der Waals surface area contributed by atoms with Crippen LogP contribution in [0.4, 0.5) is 0 Å². The number of benzene rings is 1. The first-order valence-corrected chi connectivity index (χ1v) is 9.56. The molecule has 2 fully saturated rings. The summed E-state index contributed by atoms with van der Waals surface area (Å²) in [6.07, 6.45) is 0.821. The Kier molecular flexibility index (Phi) is 5.97. The maximum atomic E-state index is 6.13. The number of hydrogen-bond donors (Lipinski definition) is 0. The number of rotatable bonds is 4. The molecule has 3 rings (SSSR count). The van der Waals surface area contributed by atoms with Gasteiger partial charge >= 0.3 is 14.2 Å². The molecule has 2 aliphatic heterocycles. The van der Waals surface area contributed by atoms with Crippen LogP contribution in [0.15, 0.2) is 35.8 Å². The Morgan fingerprint density at radius 2 is 1.27 bits per heavy atom. The van der Waals surface area contributed by atoms with Crippen molar-refractivity contribution in [3.05, 3.63) is 41.4 Å². The predicted molar refractivity (Wildman–Crippen MR) is 107 cm³/mol. The summed E-state index contributed by atoms with van der Waals surface area (Å²) in [5.41, 5.74) is 3.34. The summed E-state index contributed by atoms with van der Waals surface area (Å²) in [5.74, 6) is 0. The molecule has 2 aliphatic rings. The second-order valence-electron chi connectivity index (χ2n) is 8.89. The first-order valence-electron chi connectivity index (χ1n) is 9.56. The van der Waals surface area contributed by atoms with E-state index in [4.69, 9.17) is 18.6 Å². The Morgan fingerprint density at radius 3 is 1.73 bits per heavy atom. The van der Waals surface area contributed by atoms with Crippen LogP contribution < -0.4 is 0 Å². The summed E-state index contributed by atoms with van der Waals surface area (Å²) < 4.78 is 24.4. The van der Waals surface area contributed by atoms with E-state index in [1.165, 1.54) is 0 Å². The fourth-order valence-electron chi connectivity index (χ4n) is 3.33. The molecule has 0 aliphatic carbocycles. The zero-order valence-electron chi connectivity index (χ0n) is 16.7. The molecule has 140 valence electrons. The van der Waals surface area contributed by atoms with E-state index in [0.29, 0.717) is 26.4 Å². The molecular weight excluding hydrogens is 326 g/mol. The standard InChI is InChI=1S/C20H30B2O4/c1-6-17(21-23-12-19(2,3)13-24-21)18(16-10-8-7-9-11-16)22-25-14-20(4,5)15-26-22/h7-11H,6,12-15H2,1-5H3/b18-17-. The highest BCUT2D eigenvalue weighted by atomic mass is 16.6. The molecule has 2 saturated heterocycles. The van der Waals surface area contributed by atoms with Crippen molar-refractivity contribution >= 4 is 19.7 Å². The molecule has 0 atom stereocenters. The van der Waals surface area contributed by atoms with Crippen LogP contribution in [-0.4, -0.2) is 40.7 Å². The Labute approximate surface area is 158 Å². The molecule has 26 heavy (non-hydrogen) atoms. The lowest BCUT2D eigenvalue weighted by Crippen LogP contribution is -2.45. The van der Waals surface area contributed by atoms with E-state index >= 15 is 0 Å². The largest absolute Gasteiger partial charge is 0.493 e. The molecule has 2 heterocycles. The monoisotopic (exact) mass is 356 g/mol. The van der Waals surface area contributed by atoms with Crippen molar-refractivity contribution in [3.8, 4) is 0 Å². The minimum Gasteiger partial charge on any atom is -0.407 e.